The van der Waals surface area contributed by atoms with Gasteiger partial charge >= 0.3 is 0 Å². The monoisotopic (exact) mass is 247 g/mol. The van der Waals surface area contributed by atoms with Crippen LogP contribution >= 0.6 is 0 Å². The van der Waals surface area contributed by atoms with Crippen molar-refractivity contribution in [3.8, 4) is 0 Å². The number of hydrogen-bond acceptors (Lipinski definition) is 2. The molecule has 0 aliphatic heterocycles. The van der Waals surface area contributed by atoms with Crippen molar-refractivity contribution >= 4 is 0 Å². The molecule has 0 spiro atoms. The highest BCUT2D eigenvalue weighted by Gasteiger charge is 2.12. The quantitative estimate of drug-likeness (QED) is 0.806. The molecule has 1 aromatic carbocycles. The minimum absolute atomic E-state index is 0.614. The van der Waals surface area contributed by atoms with Crippen LogP contribution in [0.25, 0.3) is 0 Å². The molecule has 0 saturated heterocycles. The number of rotatable bonds is 5. The third-order valence-electron chi connectivity index (χ3n) is 3.86. The zero-order chi connectivity index (χ0) is 12.6. The van der Waals surface area contributed by atoms with Gasteiger partial charge in [0.1, 0.15) is 0 Å². The van der Waals surface area contributed by atoms with Gasteiger partial charge in [-0.15, -0.1) is 0 Å². The molecule has 1 saturated carbocycles. The van der Waals surface area contributed by atoms with Crippen LogP contribution in [0, 0.1) is 5.92 Å². The van der Waals surface area contributed by atoms with Gasteiger partial charge in [0.2, 0.25) is 0 Å². The summed E-state index contributed by atoms with van der Waals surface area (Å²) in [6.07, 6.45) is 8.31. The summed E-state index contributed by atoms with van der Waals surface area (Å²) in [6, 6.07) is 8.42. The predicted octanol–water partition coefficient (Wildman–Crippen LogP) is 3.63. The largest absolute Gasteiger partial charge is 0.376 e. The average molecular weight is 247 g/mol. The van der Waals surface area contributed by atoms with Gasteiger partial charge in [0, 0.05) is 13.2 Å². The maximum absolute atomic E-state index is 5.86. The van der Waals surface area contributed by atoms with Crippen LogP contribution in [0.5, 0.6) is 0 Å². The molecule has 2 rings (SSSR count). The third kappa shape index (κ3) is 4.43. The Labute approximate surface area is 111 Å². The first-order chi connectivity index (χ1) is 8.88. The zero-order valence-corrected chi connectivity index (χ0v) is 11.2. The lowest BCUT2D eigenvalue weighted by atomic mass is 10.0. The Bertz CT molecular complexity index is 325. The maximum Gasteiger partial charge on any atom is 0.0717 e. The Hall–Kier alpha value is -0.860. The SMILES string of the molecule is NCc1ccc(COCC2CCCCCC2)cc1. The Kier molecular flexibility index (Phi) is 5.69. The Balaban J connectivity index is 1.70. The van der Waals surface area contributed by atoms with E-state index in [1.54, 1.807) is 0 Å². The van der Waals surface area contributed by atoms with Crippen LogP contribution in [0.15, 0.2) is 24.3 Å². The Morgan fingerprint density at radius 1 is 0.944 bits per heavy atom. The van der Waals surface area contributed by atoms with Crippen molar-refractivity contribution in [2.45, 2.75) is 51.7 Å². The van der Waals surface area contributed by atoms with E-state index in [1.807, 2.05) is 0 Å². The van der Waals surface area contributed by atoms with E-state index < -0.39 is 0 Å². The Morgan fingerprint density at radius 2 is 1.56 bits per heavy atom. The average Bonchev–Trinajstić information content (AvgIpc) is 2.68. The van der Waals surface area contributed by atoms with Crippen molar-refractivity contribution in [1.29, 1.82) is 0 Å². The van der Waals surface area contributed by atoms with Gasteiger partial charge in [0.15, 0.2) is 0 Å². The minimum atomic E-state index is 0.614. The maximum atomic E-state index is 5.86. The Morgan fingerprint density at radius 3 is 2.17 bits per heavy atom. The standard InChI is InChI=1S/C16H25NO/c17-11-14-7-9-16(10-8-14)13-18-12-15-5-3-1-2-4-6-15/h7-10,15H,1-6,11-13,17H2. The second-order valence-corrected chi connectivity index (χ2v) is 5.39. The number of benzene rings is 1. The van der Waals surface area contributed by atoms with Crippen LogP contribution in [0.2, 0.25) is 0 Å². The van der Waals surface area contributed by atoms with Crippen LogP contribution in [-0.2, 0) is 17.9 Å². The third-order valence-corrected chi connectivity index (χ3v) is 3.86. The molecular weight excluding hydrogens is 222 g/mol. The highest BCUT2D eigenvalue weighted by molar-refractivity contribution is 5.21. The lowest BCUT2D eigenvalue weighted by molar-refractivity contribution is 0.0819. The molecule has 1 fully saturated rings. The van der Waals surface area contributed by atoms with E-state index in [4.69, 9.17) is 10.5 Å². The second kappa shape index (κ2) is 7.55. The first kappa shape index (κ1) is 13.6. The lowest BCUT2D eigenvalue weighted by Gasteiger charge is -2.14. The summed E-state index contributed by atoms with van der Waals surface area (Å²) in [7, 11) is 0. The lowest BCUT2D eigenvalue weighted by Crippen LogP contribution is -2.08. The fraction of sp³-hybridized carbons (Fsp3) is 0.625. The van der Waals surface area contributed by atoms with E-state index in [2.05, 4.69) is 24.3 Å². The molecule has 0 unspecified atom stereocenters. The van der Waals surface area contributed by atoms with Crippen LogP contribution in [-0.4, -0.2) is 6.61 Å². The molecule has 0 heterocycles. The van der Waals surface area contributed by atoms with Crippen LogP contribution in [0.4, 0.5) is 0 Å². The van der Waals surface area contributed by atoms with Gasteiger partial charge in [-0.1, -0.05) is 49.9 Å². The smallest absolute Gasteiger partial charge is 0.0717 e. The zero-order valence-electron chi connectivity index (χ0n) is 11.2. The van der Waals surface area contributed by atoms with Crippen molar-refractivity contribution in [2.24, 2.45) is 11.7 Å². The highest BCUT2D eigenvalue weighted by Crippen LogP contribution is 2.23. The van der Waals surface area contributed by atoms with Crippen molar-refractivity contribution in [3.63, 3.8) is 0 Å². The van der Waals surface area contributed by atoms with Gasteiger partial charge in [-0.05, 0) is 29.9 Å². The molecule has 1 aliphatic carbocycles. The molecule has 18 heavy (non-hydrogen) atoms. The summed E-state index contributed by atoms with van der Waals surface area (Å²) < 4.78 is 5.86. The first-order valence-electron chi connectivity index (χ1n) is 7.24. The van der Waals surface area contributed by atoms with E-state index in [1.165, 1.54) is 49.7 Å². The van der Waals surface area contributed by atoms with Crippen molar-refractivity contribution in [3.05, 3.63) is 35.4 Å². The molecule has 2 nitrogen and oxygen atoms in total. The molecule has 2 N–H and O–H groups in total. The number of ether oxygens (including phenoxy) is 1. The van der Waals surface area contributed by atoms with Gasteiger partial charge in [-0.3, -0.25) is 0 Å². The molecule has 0 atom stereocenters. The molecule has 1 aromatic rings. The van der Waals surface area contributed by atoms with Crippen molar-refractivity contribution in [1.82, 2.24) is 0 Å². The number of nitrogens with two attached hydrogens (primary N) is 1. The van der Waals surface area contributed by atoms with E-state index >= 15 is 0 Å². The van der Waals surface area contributed by atoms with Crippen LogP contribution in [0.3, 0.4) is 0 Å². The minimum Gasteiger partial charge on any atom is -0.376 e. The van der Waals surface area contributed by atoms with E-state index in [9.17, 15) is 0 Å². The van der Waals surface area contributed by atoms with Crippen LogP contribution in [0.1, 0.15) is 49.7 Å². The molecule has 0 radical (unpaired) electrons. The van der Waals surface area contributed by atoms with Crippen LogP contribution < -0.4 is 5.73 Å². The van der Waals surface area contributed by atoms with Gasteiger partial charge < -0.3 is 10.5 Å². The molecule has 100 valence electrons. The highest BCUT2D eigenvalue weighted by atomic mass is 16.5. The van der Waals surface area contributed by atoms with E-state index in [0.717, 1.165) is 19.1 Å². The van der Waals surface area contributed by atoms with Crippen molar-refractivity contribution < 1.29 is 4.74 Å². The van der Waals surface area contributed by atoms with E-state index in [-0.39, 0.29) is 0 Å². The summed E-state index contributed by atoms with van der Waals surface area (Å²) in [5.41, 5.74) is 8.01. The second-order valence-electron chi connectivity index (χ2n) is 5.39. The van der Waals surface area contributed by atoms with Gasteiger partial charge in [-0.2, -0.15) is 0 Å². The van der Waals surface area contributed by atoms with Gasteiger partial charge in [0.25, 0.3) is 0 Å². The predicted molar refractivity (Wildman–Crippen MR) is 75.2 cm³/mol. The summed E-state index contributed by atoms with van der Waals surface area (Å²) >= 11 is 0. The summed E-state index contributed by atoms with van der Waals surface area (Å²) in [4.78, 5) is 0. The fourth-order valence-electron chi connectivity index (χ4n) is 2.65. The first-order valence-corrected chi connectivity index (χ1v) is 7.24. The molecule has 0 amide bonds. The topological polar surface area (TPSA) is 35.2 Å². The van der Waals surface area contributed by atoms with Gasteiger partial charge in [-0.25, -0.2) is 0 Å². The molecule has 0 bridgehead atoms. The molecular formula is C16H25NO. The fourth-order valence-corrected chi connectivity index (χ4v) is 2.65. The summed E-state index contributed by atoms with van der Waals surface area (Å²) in [5, 5.41) is 0. The van der Waals surface area contributed by atoms with E-state index in [0.29, 0.717) is 6.54 Å². The normalized spacial score (nSPS) is 17.6. The molecule has 0 aromatic heterocycles. The van der Waals surface area contributed by atoms with Gasteiger partial charge in [0.05, 0.1) is 6.61 Å². The molecule has 1 aliphatic rings. The summed E-state index contributed by atoms with van der Waals surface area (Å²) in [6.45, 7) is 2.28. The number of hydrogen-bond donors (Lipinski definition) is 1. The van der Waals surface area contributed by atoms with Crippen molar-refractivity contribution in [2.75, 3.05) is 6.61 Å². The summed E-state index contributed by atoms with van der Waals surface area (Å²) in [5.74, 6) is 0.788. The molecule has 2 heteroatoms.